The van der Waals surface area contributed by atoms with Gasteiger partial charge in [-0.05, 0) is 37.8 Å². The first-order chi connectivity index (χ1) is 8.60. The number of anilines is 1. The molecule has 0 radical (unpaired) electrons. The van der Waals surface area contributed by atoms with Crippen LogP contribution >= 0.6 is 0 Å². The summed E-state index contributed by atoms with van der Waals surface area (Å²) < 4.78 is 5.79. The monoisotopic (exact) mass is 247 g/mol. The standard InChI is InChI=1S/C14H17NO3/c1-15(13(16)14(17)8-9-14)11-4-2-3-5-12(11)18-10-6-7-10/h2-5,10,17H,6-9H2,1H3. The Balaban J connectivity index is 1.83. The predicted molar refractivity (Wildman–Crippen MR) is 67.7 cm³/mol. The zero-order valence-electron chi connectivity index (χ0n) is 10.4. The van der Waals surface area contributed by atoms with Crippen LogP contribution in [0.25, 0.3) is 0 Å². The van der Waals surface area contributed by atoms with Gasteiger partial charge in [-0.3, -0.25) is 4.79 Å². The van der Waals surface area contributed by atoms with Gasteiger partial charge in [0.25, 0.3) is 5.91 Å². The van der Waals surface area contributed by atoms with Crippen LogP contribution in [-0.4, -0.2) is 29.8 Å². The molecule has 0 aromatic heterocycles. The maximum atomic E-state index is 12.1. The fourth-order valence-corrected chi connectivity index (χ4v) is 1.95. The van der Waals surface area contributed by atoms with E-state index in [0.717, 1.165) is 24.3 Å². The van der Waals surface area contributed by atoms with E-state index >= 15 is 0 Å². The molecule has 2 aliphatic carbocycles. The number of para-hydroxylation sites is 2. The highest BCUT2D eigenvalue weighted by Gasteiger charge is 2.50. The highest BCUT2D eigenvalue weighted by molar-refractivity contribution is 6.01. The van der Waals surface area contributed by atoms with Crippen LogP contribution < -0.4 is 9.64 Å². The second-order valence-electron chi connectivity index (χ2n) is 5.18. The molecule has 0 spiro atoms. The number of carbonyl (C=O) groups excluding carboxylic acids is 1. The third-order valence-corrected chi connectivity index (χ3v) is 3.47. The van der Waals surface area contributed by atoms with Crippen LogP contribution in [0.5, 0.6) is 5.75 Å². The molecule has 0 bridgehead atoms. The molecule has 4 heteroatoms. The Bertz CT molecular complexity index is 478. The molecule has 0 aliphatic heterocycles. The molecular weight excluding hydrogens is 230 g/mol. The van der Waals surface area contributed by atoms with Crippen molar-refractivity contribution in [3.05, 3.63) is 24.3 Å². The van der Waals surface area contributed by atoms with Crippen molar-refractivity contribution in [2.24, 2.45) is 0 Å². The minimum atomic E-state index is -1.14. The minimum Gasteiger partial charge on any atom is -0.488 e. The maximum absolute atomic E-state index is 12.1. The summed E-state index contributed by atoms with van der Waals surface area (Å²) in [6, 6.07) is 7.48. The van der Waals surface area contributed by atoms with Crippen LogP contribution in [0.1, 0.15) is 25.7 Å². The maximum Gasteiger partial charge on any atom is 0.258 e. The molecule has 18 heavy (non-hydrogen) atoms. The number of amides is 1. The summed E-state index contributed by atoms with van der Waals surface area (Å²) in [7, 11) is 1.69. The van der Waals surface area contributed by atoms with Gasteiger partial charge < -0.3 is 14.7 Å². The molecule has 1 N–H and O–H groups in total. The van der Waals surface area contributed by atoms with Gasteiger partial charge in [-0.1, -0.05) is 12.1 Å². The van der Waals surface area contributed by atoms with Gasteiger partial charge in [0.15, 0.2) is 0 Å². The van der Waals surface area contributed by atoms with E-state index in [1.807, 2.05) is 24.3 Å². The average Bonchev–Trinajstić information content (AvgIpc) is 3.27. The Hall–Kier alpha value is -1.55. The fraction of sp³-hybridized carbons (Fsp3) is 0.500. The summed E-state index contributed by atoms with van der Waals surface area (Å²) >= 11 is 0. The van der Waals surface area contributed by atoms with Crippen molar-refractivity contribution in [1.82, 2.24) is 0 Å². The quantitative estimate of drug-likeness (QED) is 0.881. The van der Waals surface area contributed by atoms with E-state index in [2.05, 4.69) is 0 Å². The number of benzene rings is 1. The van der Waals surface area contributed by atoms with Gasteiger partial charge in [-0.25, -0.2) is 0 Å². The van der Waals surface area contributed by atoms with Crippen LogP contribution in [0.15, 0.2) is 24.3 Å². The van der Waals surface area contributed by atoms with Gasteiger partial charge in [0, 0.05) is 7.05 Å². The molecule has 96 valence electrons. The molecule has 2 saturated carbocycles. The molecule has 2 fully saturated rings. The minimum absolute atomic E-state index is 0.241. The summed E-state index contributed by atoms with van der Waals surface area (Å²) in [5.74, 6) is 0.481. The third kappa shape index (κ3) is 2.08. The Labute approximate surface area is 106 Å². The van der Waals surface area contributed by atoms with Crippen LogP contribution in [-0.2, 0) is 4.79 Å². The highest BCUT2D eigenvalue weighted by Crippen LogP contribution is 2.40. The lowest BCUT2D eigenvalue weighted by Gasteiger charge is -2.23. The number of hydrogen-bond donors (Lipinski definition) is 1. The number of carbonyl (C=O) groups is 1. The number of rotatable bonds is 4. The van der Waals surface area contributed by atoms with E-state index in [9.17, 15) is 9.90 Å². The van der Waals surface area contributed by atoms with Gasteiger partial charge in [0.05, 0.1) is 11.8 Å². The Morgan fingerprint density at radius 1 is 1.39 bits per heavy atom. The Morgan fingerprint density at radius 2 is 2.06 bits per heavy atom. The molecule has 4 nitrogen and oxygen atoms in total. The van der Waals surface area contributed by atoms with E-state index in [0.29, 0.717) is 18.9 Å². The molecule has 0 unspecified atom stereocenters. The molecule has 2 aliphatic rings. The van der Waals surface area contributed by atoms with E-state index in [1.54, 1.807) is 7.05 Å². The van der Waals surface area contributed by atoms with Crippen molar-refractivity contribution in [2.45, 2.75) is 37.4 Å². The molecule has 1 amide bonds. The van der Waals surface area contributed by atoms with Crippen molar-refractivity contribution >= 4 is 11.6 Å². The van der Waals surface area contributed by atoms with Crippen LogP contribution in [0.4, 0.5) is 5.69 Å². The van der Waals surface area contributed by atoms with Crippen LogP contribution in [0, 0.1) is 0 Å². The van der Waals surface area contributed by atoms with Crippen molar-refractivity contribution < 1.29 is 14.6 Å². The van der Waals surface area contributed by atoms with E-state index in [4.69, 9.17) is 4.74 Å². The van der Waals surface area contributed by atoms with Crippen molar-refractivity contribution in [3.63, 3.8) is 0 Å². The summed E-state index contributed by atoms with van der Waals surface area (Å²) in [6.45, 7) is 0. The molecule has 0 saturated heterocycles. The van der Waals surface area contributed by atoms with Crippen molar-refractivity contribution in [1.29, 1.82) is 0 Å². The predicted octanol–water partition coefficient (Wildman–Crippen LogP) is 1.72. The zero-order chi connectivity index (χ0) is 12.8. The van der Waals surface area contributed by atoms with E-state index in [-0.39, 0.29) is 5.91 Å². The molecule has 3 rings (SSSR count). The summed E-state index contributed by atoms with van der Waals surface area (Å²) in [6.07, 6.45) is 3.56. The third-order valence-electron chi connectivity index (χ3n) is 3.47. The van der Waals surface area contributed by atoms with Gasteiger partial charge in [-0.15, -0.1) is 0 Å². The summed E-state index contributed by atoms with van der Waals surface area (Å²) in [4.78, 5) is 13.6. The average molecular weight is 247 g/mol. The van der Waals surface area contributed by atoms with Crippen LogP contribution in [0.3, 0.4) is 0 Å². The lowest BCUT2D eigenvalue weighted by atomic mass is 10.2. The largest absolute Gasteiger partial charge is 0.488 e. The van der Waals surface area contributed by atoms with Crippen LogP contribution in [0.2, 0.25) is 0 Å². The van der Waals surface area contributed by atoms with Gasteiger partial charge >= 0.3 is 0 Å². The molecule has 1 aromatic carbocycles. The lowest BCUT2D eigenvalue weighted by Crippen LogP contribution is -2.38. The molecular formula is C14H17NO3. The van der Waals surface area contributed by atoms with Gasteiger partial charge in [0.1, 0.15) is 11.4 Å². The highest BCUT2D eigenvalue weighted by atomic mass is 16.5. The number of nitrogens with zero attached hydrogens (tertiary/aromatic N) is 1. The first kappa shape index (κ1) is 11.5. The first-order valence-electron chi connectivity index (χ1n) is 6.36. The SMILES string of the molecule is CN(C(=O)C1(O)CC1)c1ccccc1OC1CC1. The smallest absolute Gasteiger partial charge is 0.258 e. The zero-order valence-corrected chi connectivity index (χ0v) is 10.4. The van der Waals surface area contributed by atoms with Gasteiger partial charge in [0.2, 0.25) is 0 Å². The van der Waals surface area contributed by atoms with Crippen molar-refractivity contribution in [3.8, 4) is 5.75 Å². The Morgan fingerprint density at radius 3 is 2.67 bits per heavy atom. The number of likely N-dealkylation sites (N-methyl/N-ethyl adjacent to an activating group) is 1. The summed E-state index contributed by atoms with van der Waals surface area (Å²) in [5.41, 5.74) is -0.406. The second kappa shape index (κ2) is 3.99. The van der Waals surface area contributed by atoms with Crippen molar-refractivity contribution in [2.75, 3.05) is 11.9 Å². The van der Waals surface area contributed by atoms with E-state index < -0.39 is 5.60 Å². The fourth-order valence-electron chi connectivity index (χ4n) is 1.95. The summed E-state index contributed by atoms with van der Waals surface area (Å²) in [5, 5.41) is 9.88. The van der Waals surface area contributed by atoms with E-state index in [1.165, 1.54) is 4.90 Å². The normalized spacial score (nSPS) is 20.3. The molecule has 1 aromatic rings. The number of aliphatic hydroxyl groups is 1. The second-order valence-corrected chi connectivity index (χ2v) is 5.18. The molecule has 0 atom stereocenters. The topological polar surface area (TPSA) is 49.8 Å². The first-order valence-corrected chi connectivity index (χ1v) is 6.36. The molecule has 0 heterocycles. The van der Waals surface area contributed by atoms with Gasteiger partial charge in [-0.2, -0.15) is 0 Å². The number of ether oxygens (including phenoxy) is 1. The lowest BCUT2D eigenvalue weighted by molar-refractivity contribution is -0.128. The number of hydrogen-bond acceptors (Lipinski definition) is 3. The Kier molecular flexibility index (Phi) is 2.55.